The van der Waals surface area contributed by atoms with Crippen LogP contribution in [-0.2, 0) is 5.75 Å². The first-order valence-electron chi connectivity index (χ1n) is 11.2. The minimum Gasteiger partial charge on any atom is -0.274 e. The van der Waals surface area contributed by atoms with E-state index < -0.39 is 0 Å². The Balaban J connectivity index is 1.33. The standard InChI is InChI=1S/C24H25N5S2/c1-2-3-12-18-16-10-7-11-17(16)19-20-21(31-23(19)26-18)22-27-28-24(29(22)14-25-20)30-13-15-8-5-4-6-9-15/h4-6,8-9,14,19,23H,2-3,7,10-13H2,1H3/t19-,23-/m1/s1. The molecule has 1 aromatic carbocycles. The molecule has 2 aromatic heterocycles. The van der Waals surface area contributed by atoms with Crippen LogP contribution in [0.1, 0.15) is 62.6 Å². The monoisotopic (exact) mass is 447 g/mol. The Labute approximate surface area is 190 Å². The third-order valence-corrected chi connectivity index (χ3v) is 8.74. The maximum absolute atomic E-state index is 5.25. The Morgan fingerprint density at radius 1 is 1.16 bits per heavy atom. The van der Waals surface area contributed by atoms with Crippen LogP contribution in [0.25, 0.3) is 5.65 Å². The lowest BCUT2D eigenvalue weighted by molar-refractivity contribution is 0.692. The van der Waals surface area contributed by atoms with Gasteiger partial charge in [-0.15, -0.1) is 10.2 Å². The van der Waals surface area contributed by atoms with Crippen molar-refractivity contribution < 1.29 is 0 Å². The van der Waals surface area contributed by atoms with Crippen LogP contribution < -0.4 is 0 Å². The minimum atomic E-state index is 0.217. The molecule has 5 nitrogen and oxygen atoms in total. The van der Waals surface area contributed by atoms with Crippen molar-refractivity contribution in [3.63, 3.8) is 0 Å². The largest absolute Gasteiger partial charge is 0.274 e. The number of fused-ring (bicyclic) bond motifs is 6. The Morgan fingerprint density at radius 2 is 2.06 bits per heavy atom. The highest BCUT2D eigenvalue weighted by molar-refractivity contribution is 8.00. The van der Waals surface area contributed by atoms with E-state index in [1.54, 1.807) is 22.9 Å². The third kappa shape index (κ3) is 3.33. The van der Waals surface area contributed by atoms with Crippen LogP contribution in [0.5, 0.6) is 0 Å². The first-order chi connectivity index (χ1) is 15.3. The summed E-state index contributed by atoms with van der Waals surface area (Å²) in [5.74, 6) is 1.20. The molecule has 3 aromatic rings. The number of dihydropyridines is 1. The zero-order valence-electron chi connectivity index (χ0n) is 17.6. The topological polar surface area (TPSA) is 55.4 Å². The van der Waals surface area contributed by atoms with Crippen LogP contribution in [-0.4, -0.2) is 30.7 Å². The average Bonchev–Trinajstić information content (AvgIpc) is 3.52. The van der Waals surface area contributed by atoms with E-state index in [0.717, 1.165) is 23.0 Å². The molecule has 2 atom stereocenters. The van der Waals surface area contributed by atoms with Crippen molar-refractivity contribution in [2.24, 2.45) is 4.99 Å². The van der Waals surface area contributed by atoms with Gasteiger partial charge >= 0.3 is 0 Å². The van der Waals surface area contributed by atoms with Crippen LogP contribution in [0.2, 0.25) is 0 Å². The Hall–Kier alpha value is -2.12. The van der Waals surface area contributed by atoms with Gasteiger partial charge < -0.3 is 0 Å². The van der Waals surface area contributed by atoms with Gasteiger partial charge in [0, 0.05) is 11.5 Å². The van der Waals surface area contributed by atoms with Gasteiger partial charge in [-0.3, -0.25) is 9.39 Å². The van der Waals surface area contributed by atoms with E-state index in [0.29, 0.717) is 5.92 Å². The van der Waals surface area contributed by atoms with Gasteiger partial charge in [-0.2, -0.15) is 0 Å². The van der Waals surface area contributed by atoms with Crippen molar-refractivity contribution >= 4 is 34.9 Å². The fourth-order valence-electron chi connectivity index (χ4n) is 4.98. The number of allylic oxidation sites excluding steroid dienone is 1. The Morgan fingerprint density at radius 3 is 2.94 bits per heavy atom. The van der Waals surface area contributed by atoms with Gasteiger partial charge in [0.2, 0.25) is 0 Å². The number of hydrogen-bond acceptors (Lipinski definition) is 6. The molecular weight excluding hydrogens is 422 g/mol. The lowest BCUT2D eigenvalue weighted by Crippen LogP contribution is -2.21. The Kier molecular flexibility index (Phi) is 5.11. The molecule has 1 aliphatic carbocycles. The number of thioether (sulfide) groups is 2. The quantitative estimate of drug-likeness (QED) is 0.430. The zero-order valence-corrected chi connectivity index (χ0v) is 19.3. The molecule has 0 spiro atoms. The second kappa shape index (κ2) is 8.10. The van der Waals surface area contributed by atoms with Gasteiger partial charge in [0.15, 0.2) is 10.8 Å². The molecule has 0 saturated carbocycles. The zero-order chi connectivity index (χ0) is 20.8. The maximum atomic E-state index is 5.25. The highest BCUT2D eigenvalue weighted by Gasteiger charge is 2.44. The fraction of sp³-hybridized carbons (Fsp3) is 0.417. The van der Waals surface area contributed by atoms with Gasteiger partial charge in [0.05, 0.1) is 16.5 Å². The smallest absolute Gasteiger partial charge is 0.197 e. The maximum Gasteiger partial charge on any atom is 0.197 e. The summed E-state index contributed by atoms with van der Waals surface area (Å²) in [5, 5.41) is 10.2. The first kappa shape index (κ1) is 19.6. The molecule has 3 aliphatic rings. The van der Waals surface area contributed by atoms with Crippen molar-refractivity contribution in [3.8, 4) is 0 Å². The summed E-state index contributed by atoms with van der Waals surface area (Å²) >= 11 is 3.56. The van der Waals surface area contributed by atoms with Crippen molar-refractivity contribution in [2.75, 3.05) is 0 Å². The summed E-state index contributed by atoms with van der Waals surface area (Å²) in [6.07, 6.45) is 9.12. The molecule has 158 valence electrons. The van der Waals surface area contributed by atoms with Crippen molar-refractivity contribution in [3.05, 3.63) is 59.1 Å². The number of benzene rings is 1. The predicted molar refractivity (Wildman–Crippen MR) is 127 cm³/mol. The molecule has 6 rings (SSSR count). The van der Waals surface area contributed by atoms with E-state index in [1.165, 1.54) is 54.0 Å². The van der Waals surface area contributed by atoms with E-state index in [4.69, 9.17) is 9.98 Å². The normalized spacial score (nSPS) is 21.9. The molecule has 0 unspecified atom stereocenters. The summed E-state index contributed by atoms with van der Waals surface area (Å²) in [4.78, 5) is 11.4. The van der Waals surface area contributed by atoms with E-state index in [2.05, 4.69) is 45.8 Å². The number of rotatable bonds is 6. The average molecular weight is 448 g/mol. The van der Waals surface area contributed by atoms with Crippen molar-refractivity contribution in [2.45, 2.75) is 72.5 Å². The molecule has 7 heteroatoms. The number of hydrogen-bond donors (Lipinski definition) is 0. The van der Waals surface area contributed by atoms with Gasteiger partial charge in [-0.25, -0.2) is 4.98 Å². The van der Waals surface area contributed by atoms with Gasteiger partial charge in [0.1, 0.15) is 11.7 Å². The summed E-state index contributed by atoms with van der Waals surface area (Å²) in [6.45, 7) is 2.26. The second-order valence-corrected chi connectivity index (χ2v) is 10.5. The molecule has 0 N–H and O–H groups in total. The molecule has 2 aliphatic heterocycles. The van der Waals surface area contributed by atoms with Crippen LogP contribution in [0.3, 0.4) is 0 Å². The van der Waals surface area contributed by atoms with Crippen molar-refractivity contribution in [1.82, 2.24) is 19.6 Å². The molecule has 0 saturated heterocycles. The molecule has 4 heterocycles. The summed E-state index contributed by atoms with van der Waals surface area (Å²) in [6, 6.07) is 10.5. The highest BCUT2D eigenvalue weighted by atomic mass is 32.2. The minimum absolute atomic E-state index is 0.217. The SMILES string of the molecule is CCCCC1=N[C@@H]2Sc3c(ncn4c(SCc5ccccc5)nnc34)[C@H]2C2=C1CCC2. The van der Waals surface area contributed by atoms with Gasteiger partial charge in [-0.05, 0) is 43.2 Å². The van der Waals surface area contributed by atoms with Crippen molar-refractivity contribution in [1.29, 1.82) is 0 Å². The molecule has 31 heavy (non-hydrogen) atoms. The third-order valence-electron chi connectivity index (χ3n) is 6.48. The van der Waals surface area contributed by atoms with E-state index in [9.17, 15) is 0 Å². The van der Waals surface area contributed by atoms with E-state index in [-0.39, 0.29) is 5.37 Å². The second-order valence-electron chi connectivity index (χ2n) is 8.43. The first-order valence-corrected chi connectivity index (χ1v) is 13.1. The van der Waals surface area contributed by atoms with Crippen LogP contribution in [0, 0.1) is 0 Å². The van der Waals surface area contributed by atoms with Crippen LogP contribution >= 0.6 is 23.5 Å². The van der Waals surface area contributed by atoms with Crippen LogP contribution in [0.15, 0.2) is 62.8 Å². The predicted octanol–water partition coefficient (Wildman–Crippen LogP) is 6.06. The number of unbranched alkanes of at least 4 members (excludes halogenated alkanes) is 1. The molecule has 0 bridgehead atoms. The summed E-state index contributed by atoms with van der Waals surface area (Å²) in [5.41, 5.74) is 7.91. The lowest BCUT2D eigenvalue weighted by atomic mass is 9.87. The summed E-state index contributed by atoms with van der Waals surface area (Å²) < 4.78 is 2.06. The van der Waals surface area contributed by atoms with Crippen LogP contribution in [0.4, 0.5) is 0 Å². The molecule has 0 radical (unpaired) electrons. The fourth-order valence-corrected chi connectivity index (χ4v) is 7.23. The number of nitrogens with zero attached hydrogens (tertiary/aromatic N) is 5. The van der Waals surface area contributed by atoms with Gasteiger partial charge in [0.25, 0.3) is 0 Å². The number of aliphatic imine (C=N–C) groups is 1. The molecule has 0 amide bonds. The Bertz CT molecular complexity index is 1200. The highest BCUT2D eigenvalue weighted by Crippen LogP contribution is 2.55. The van der Waals surface area contributed by atoms with E-state index >= 15 is 0 Å². The number of aromatic nitrogens is 4. The molecular formula is C24H25N5S2. The lowest BCUT2D eigenvalue weighted by Gasteiger charge is -2.26. The van der Waals surface area contributed by atoms with Gasteiger partial charge in [-0.1, -0.05) is 72.8 Å². The summed E-state index contributed by atoms with van der Waals surface area (Å²) in [7, 11) is 0. The molecule has 0 fully saturated rings. The van der Waals surface area contributed by atoms with E-state index in [1.807, 2.05) is 24.2 Å².